The minimum Gasteiger partial charge on any atom is -0.330 e. The molecule has 0 aliphatic heterocycles. The van der Waals surface area contributed by atoms with Crippen molar-refractivity contribution in [2.24, 2.45) is 11.7 Å². The molecule has 0 atom stereocenters. The first kappa shape index (κ1) is 14.1. The van der Waals surface area contributed by atoms with E-state index < -0.39 is 0 Å². The molecule has 3 heteroatoms. The standard InChI is InChI=1S/C14H25N3/c1-13(2)12-17(10-5-8-15)11-7-14-6-3-4-9-16-14/h3-4,6,9,13H,5,7-8,10-12,15H2,1-2H3. The van der Waals surface area contributed by atoms with Crippen LogP contribution in [0.3, 0.4) is 0 Å². The summed E-state index contributed by atoms with van der Waals surface area (Å²) < 4.78 is 0. The van der Waals surface area contributed by atoms with Gasteiger partial charge in [0.1, 0.15) is 0 Å². The van der Waals surface area contributed by atoms with Crippen molar-refractivity contribution < 1.29 is 0 Å². The molecule has 1 rings (SSSR count). The minimum absolute atomic E-state index is 0.705. The SMILES string of the molecule is CC(C)CN(CCCN)CCc1ccccn1. The van der Waals surface area contributed by atoms with Crippen LogP contribution in [0.15, 0.2) is 24.4 Å². The predicted molar refractivity (Wildman–Crippen MR) is 72.9 cm³/mol. The molecule has 0 radical (unpaired) electrons. The van der Waals surface area contributed by atoms with Crippen LogP contribution in [0.25, 0.3) is 0 Å². The van der Waals surface area contributed by atoms with Crippen molar-refractivity contribution in [1.29, 1.82) is 0 Å². The Morgan fingerprint density at radius 1 is 1.29 bits per heavy atom. The molecule has 3 nitrogen and oxygen atoms in total. The third kappa shape index (κ3) is 6.39. The van der Waals surface area contributed by atoms with E-state index in [1.807, 2.05) is 12.3 Å². The maximum Gasteiger partial charge on any atom is 0.0416 e. The van der Waals surface area contributed by atoms with Crippen LogP contribution < -0.4 is 5.73 Å². The number of pyridine rings is 1. The summed E-state index contributed by atoms with van der Waals surface area (Å²) in [4.78, 5) is 6.85. The first-order chi connectivity index (χ1) is 8.22. The molecule has 1 heterocycles. The molecule has 96 valence electrons. The lowest BCUT2D eigenvalue weighted by atomic mass is 10.2. The molecular weight excluding hydrogens is 210 g/mol. The number of hydrogen-bond acceptors (Lipinski definition) is 3. The summed E-state index contributed by atoms with van der Waals surface area (Å²) in [6.07, 6.45) is 3.97. The normalized spacial score (nSPS) is 11.4. The third-order valence-electron chi connectivity index (χ3n) is 2.71. The Morgan fingerprint density at radius 2 is 2.12 bits per heavy atom. The van der Waals surface area contributed by atoms with Gasteiger partial charge in [0, 0.05) is 31.4 Å². The molecule has 0 fully saturated rings. The summed E-state index contributed by atoms with van der Waals surface area (Å²) in [5, 5.41) is 0. The van der Waals surface area contributed by atoms with Crippen LogP contribution in [0.4, 0.5) is 0 Å². The second-order valence-corrected chi connectivity index (χ2v) is 4.91. The molecule has 0 unspecified atom stereocenters. The van der Waals surface area contributed by atoms with E-state index in [9.17, 15) is 0 Å². The molecule has 0 spiro atoms. The van der Waals surface area contributed by atoms with Gasteiger partial charge in [0.15, 0.2) is 0 Å². The van der Waals surface area contributed by atoms with E-state index in [4.69, 9.17) is 5.73 Å². The van der Waals surface area contributed by atoms with Gasteiger partial charge in [0.2, 0.25) is 0 Å². The highest BCUT2D eigenvalue weighted by molar-refractivity contribution is 5.03. The molecule has 0 aromatic carbocycles. The molecule has 0 bridgehead atoms. The zero-order valence-corrected chi connectivity index (χ0v) is 11.1. The highest BCUT2D eigenvalue weighted by atomic mass is 15.1. The van der Waals surface area contributed by atoms with Crippen molar-refractivity contribution in [3.63, 3.8) is 0 Å². The Hall–Kier alpha value is -0.930. The second-order valence-electron chi connectivity index (χ2n) is 4.91. The maximum absolute atomic E-state index is 5.58. The Bertz CT molecular complexity index is 285. The van der Waals surface area contributed by atoms with Crippen molar-refractivity contribution >= 4 is 0 Å². The van der Waals surface area contributed by atoms with E-state index in [0.717, 1.165) is 39.0 Å². The molecule has 0 aliphatic carbocycles. The smallest absolute Gasteiger partial charge is 0.0416 e. The average molecular weight is 235 g/mol. The lowest BCUT2D eigenvalue weighted by Gasteiger charge is -2.23. The van der Waals surface area contributed by atoms with Gasteiger partial charge in [0.05, 0.1) is 0 Å². The second kappa shape index (κ2) is 8.20. The van der Waals surface area contributed by atoms with E-state index >= 15 is 0 Å². The van der Waals surface area contributed by atoms with E-state index in [0.29, 0.717) is 5.92 Å². The number of nitrogens with zero attached hydrogens (tertiary/aromatic N) is 2. The third-order valence-corrected chi connectivity index (χ3v) is 2.71. The fraction of sp³-hybridized carbons (Fsp3) is 0.643. The zero-order valence-electron chi connectivity index (χ0n) is 11.1. The molecule has 1 aromatic heterocycles. The van der Waals surface area contributed by atoms with Crippen LogP contribution in [-0.4, -0.2) is 36.1 Å². The summed E-state index contributed by atoms with van der Waals surface area (Å²) in [6, 6.07) is 6.11. The van der Waals surface area contributed by atoms with Crippen molar-refractivity contribution in [1.82, 2.24) is 9.88 Å². The quantitative estimate of drug-likeness (QED) is 0.748. The topological polar surface area (TPSA) is 42.1 Å². The predicted octanol–water partition coefficient (Wildman–Crippen LogP) is 1.93. The maximum atomic E-state index is 5.58. The van der Waals surface area contributed by atoms with E-state index in [-0.39, 0.29) is 0 Å². The molecule has 0 aliphatic rings. The van der Waals surface area contributed by atoms with Gasteiger partial charge in [-0.3, -0.25) is 4.98 Å². The molecule has 1 aromatic rings. The van der Waals surface area contributed by atoms with Gasteiger partial charge in [-0.15, -0.1) is 0 Å². The van der Waals surface area contributed by atoms with E-state index in [1.54, 1.807) is 0 Å². The van der Waals surface area contributed by atoms with Gasteiger partial charge in [-0.05, 0) is 37.6 Å². The zero-order chi connectivity index (χ0) is 12.5. The van der Waals surface area contributed by atoms with Crippen LogP contribution in [0.5, 0.6) is 0 Å². The Morgan fingerprint density at radius 3 is 2.71 bits per heavy atom. The van der Waals surface area contributed by atoms with Gasteiger partial charge in [-0.2, -0.15) is 0 Å². The summed E-state index contributed by atoms with van der Waals surface area (Å²) >= 11 is 0. The molecule has 0 saturated heterocycles. The van der Waals surface area contributed by atoms with E-state index in [2.05, 4.69) is 35.9 Å². The number of nitrogens with two attached hydrogens (primary N) is 1. The summed E-state index contributed by atoms with van der Waals surface area (Å²) in [5.41, 5.74) is 6.75. The number of rotatable bonds is 8. The molecule has 17 heavy (non-hydrogen) atoms. The van der Waals surface area contributed by atoms with Crippen molar-refractivity contribution in [3.8, 4) is 0 Å². The molecular formula is C14H25N3. The fourth-order valence-electron chi connectivity index (χ4n) is 1.94. The minimum atomic E-state index is 0.705. The largest absolute Gasteiger partial charge is 0.330 e. The summed E-state index contributed by atoms with van der Waals surface area (Å²) in [6.45, 7) is 8.62. The lowest BCUT2D eigenvalue weighted by Crippen LogP contribution is -2.32. The van der Waals surface area contributed by atoms with Gasteiger partial charge < -0.3 is 10.6 Å². The fourth-order valence-corrected chi connectivity index (χ4v) is 1.94. The summed E-state index contributed by atoms with van der Waals surface area (Å²) in [5.74, 6) is 0.705. The van der Waals surface area contributed by atoms with Gasteiger partial charge in [-0.1, -0.05) is 19.9 Å². The van der Waals surface area contributed by atoms with E-state index in [1.165, 1.54) is 5.69 Å². The highest BCUT2D eigenvalue weighted by Crippen LogP contribution is 2.03. The number of hydrogen-bond donors (Lipinski definition) is 1. The van der Waals surface area contributed by atoms with Crippen LogP contribution in [0.2, 0.25) is 0 Å². The van der Waals surface area contributed by atoms with Crippen LogP contribution in [0, 0.1) is 5.92 Å². The van der Waals surface area contributed by atoms with Crippen LogP contribution in [-0.2, 0) is 6.42 Å². The monoisotopic (exact) mass is 235 g/mol. The van der Waals surface area contributed by atoms with Crippen LogP contribution in [0.1, 0.15) is 26.0 Å². The average Bonchev–Trinajstić information content (AvgIpc) is 2.33. The van der Waals surface area contributed by atoms with Crippen molar-refractivity contribution in [2.75, 3.05) is 26.2 Å². The Labute approximate surface area is 105 Å². The van der Waals surface area contributed by atoms with Crippen LogP contribution >= 0.6 is 0 Å². The Kier molecular flexibility index (Phi) is 6.82. The highest BCUT2D eigenvalue weighted by Gasteiger charge is 2.07. The lowest BCUT2D eigenvalue weighted by molar-refractivity contribution is 0.245. The molecule has 0 amide bonds. The van der Waals surface area contributed by atoms with Gasteiger partial charge in [0.25, 0.3) is 0 Å². The van der Waals surface area contributed by atoms with Gasteiger partial charge >= 0.3 is 0 Å². The van der Waals surface area contributed by atoms with Crippen molar-refractivity contribution in [2.45, 2.75) is 26.7 Å². The van der Waals surface area contributed by atoms with Crippen molar-refractivity contribution in [3.05, 3.63) is 30.1 Å². The Balaban J connectivity index is 2.37. The summed E-state index contributed by atoms with van der Waals surface area (Å²) in [7, 11) is 0. The first-order valence-electron chi connectivity index (χ1n) is 6.54. The van der Waals surface area contributed by atoms with Gasteiger partial charge in [-0.25, -0.2) is 0 Å². The molecule has 2 N–H and O–H groups in total. The molecule has 0 saturated carbocycles. The number of aromatic nitrogens is 1. The first-order valence-corrected chi connectivity index (χ1v) is 6.54.